The number of aromatic nitrogens is 2. The third-order valence-corrected chi connectivity index (χ3v) is 4.49. The SMILES string of the molecule is CCc1ccc(Cc2nnc(NC(=O)c3ccc(C(C)(C)C)cc3)o2)cc1. The highest BCUT2D eigenvalue weighted by Gasteiger charge is 2.16. The van der Waals surface area contributed by atoms with Gasteiger partial charge in [0.15, 0.2) is 0 Å². The normalized spacial score (nSPS) is 11.4. The highest BCUT2D eigenvalue weighted by molar-refractivity contribution is 6.03. The van der Waals surface area contributed by atoms with Crippen LogP contribution < -0.4 is 5.32 Å². The monoisotopic (exact) mass is 363 g/mol. The molecule has 0 aliphatic rings. The molecule has 0 radical (unpaired) electrons. The first kappa shape index (κ1) is 18.8. The Kier molecular flexibility index (Phi) is 5.40. The number of amides is 1. The van der Waals surface area contributed by atoms with Crippen LogP contribution in [0.4, 0.5) is 6.01 Å². The van der Waals surface area contributed by atoms with Crippen molar-refractivity contribution in [3.8, 4) is 0 Å². The van der Waals surface area contributed by atoms with E-state index in [0.717, 1.165) is 12.0 Å². The van der Waals surface area contributed by atoms with E-state index >= 15 is 0 Å². The van der Waals surface area contributed by atoms with E-state index in [0.29, 0.717) is 17.9 Å². The zero-order valence-corrected chi connectivity index (χ0v) is 16.2. The quantitative estimate of drug-likeness (QED) is 0.709. The van der Waals surface area contributed by atoms with Crippen molar-refractivity contribution >= 4 is 11.9 Å². The molecule has 5 heteroatoms. The molecule has 0 saturated carbocycles. The van der Waals surface area contributed by atoms with Crippen LogP contribution in [-0.4, -0.2) is 16.1 Å². The first-order valence-electron chi connectivity index (χ1n) is 9.17. The van der Waals surface area contributed by atoms with Crippen molar-refractivity contribution in [1.29, 1.82) is 0 Å². The Morgan fingerprint density at radius 2 is 1.59 bits per heavy atom. The Morgan fingerprint density at radius 3 is 2.19 bits per heavy atom. The summed E-state index contributed by atoms with van der Waals surface area (Å²) >= 11 is 0. The van der Waals surface area contributed by atoms with Crippen molar-refractivity contribution in [1.82, 2.24) is 10.2 Å². The summed E-state index contributed by atoms with van der Waals surface area (Å²) < 4.78 is 5.56. The van der Waals surface area contributed by atoms with E-state index in [1.54, 1.807) is 0 Å². The van der Waals surface area contributed by atoms with Gasteiger partial charge < -0.3 is 4.42 Å². The topological polar surface area (TPSA) is 68.0 Å². The molecule has 0 unspecified atom stereocenters. The summed E-state index contributed by atoms with van der Waals surface area (Å²) in [6, 6.07) is 16.0. The highest BCUT2D eigenvalue weighted by Crippen LogP contribution is 2.22. The molecule has 0 spiro atoms. The summed E-state index contributed by atoms with van der Waals surface area (Å²) in [6.07, 6.45) is 1.54. The number of anilines is 1. The van der Waals surface area contributed by atoms with Gasteiger partial charge in [-0.15, -0.1) is 5.10 Å². The Labute approximate surface area is 159 Å². The zero-order chi connectivity index (χ0) is 19.4. The van der Waals surface area contributed by atoms with Crippen LogP contribution in [0, 0.1) is 0 Å². The van der Waals surface area contributed by atoms with E-state index in [-0.39, 0.29) is 17.3 Å². The minimum atomic E-state index is -0.266. The second-order valence-corrected chi connectivity index (χ2v) is 7.63. The second-order valence-electron chi connectivity index (χ2n) is 7.63. The van der Waals surface area contributed by atoms with Crippen molar-refractivity contribution in [3.05, 3.63) is 76.7 Å². The smallest absolute Gasteiger partial charge is 0.322 e. The van der Waals surface area contributed by atoms with Gasteiger partial charge >= 0.3 is 6.01 Å². The molecule has 5 nitrogen and oxygen atoms in total. The number of carbonyl (C=O) groups excluding carboxylic acids is 1. The standard InChI is InChI=1S/C22H25N3O2/c1-5-15-6-8-16(9-7-15)14-19-24-25-21(27-19)23-20(26)17-10-12-18(13-11-17)22(2,3)4/h6-13H,5,14H2,1-4H3,(H,23,25,26). The fraction of sp³-hybridized carbons (Fsp3) is 0.318. The first-order valence-corrected chi connectivity index (χ1v) is 9.17. The van der Waals surface area contributed by atoms with Gasteiger partial charge in [-0.05, 0) is 40.7 Å². The predicted octanol–water partition coefficient (Wildman–Crippen LogP) is 4.77. The summed E-state index contributed by atoms with van der Waals surface area (Å²) in [6.45, 7) is 8.53. The van der Waals surface area contributed by atoms with Crippen LogP contribution in [0.25, 0.3) is 0 Å². The molecule has 0 aliphatic heterocycles. The van der Waals surface area contributed by atoms with Gasteiger partial charge in [0.05, 0.1) is 6.42 Å². The van der Waals surface area contributed by atoms with E-state index in [1.807, 2.05) is 24.3 Å². The van der Waals surface area contributed by atoms with Crippen LogP contribution >= 0.6 is 0 Å². The fourth-order valence-electron chi connectivity index (χ4n) is 2.73. The van der Waals surface area contributed by atoms with E-state index in [9.17, 15) is 4.79 Å². The summed E-state index contributed by atoms with van der Waals surface area (Å²) in [5, 5.41) is 10.6. The average molecular weight is 363 g/mol. The van der Waals surface area contributed by atoms with E-state index in [2.05, 4.69) is 67.5 Å². The molecule has 1 heterocycles. The van der Waals surface area contributed by atoms with Crippen LogP contribution in [-0.2, 0) is 18.3 Å². The minimum Gasteiger partial charge on any atom is -0.407 e. The number of rotatable bonds is 5. The Morgan fingerprint density at radius 1 is 0.963 bits per heavy atom. The lowest BCUT2D eigenvalue weighted by Gasteiger charge is -2.18. The fourth-order valence-corrected chi connectivity index (χ4v) is 2.73. The van der Waals surface area contributed by atoms with E-state index in [4.69, 9.17) is 4.42 Å². The van der Waals surface area contributed by atoms with Gasteiger partial charge in [0.2, 0.25) is 5.89 Å². The number of benzene rings is 2. The lowest BCUT2D eigenvalue weighted by molar-refractivity contribution is 0.102. The van der Waals surface area contributed by atoms with Crippen molar-refractivity contribution < 1.29 is 9.21 Å². The van der Waals surface area contributed by atoms with Crippen molar-refractivity contribution in [2.45, 2.75) is 46.0 Å². The molecule has 1 N–H and O–H groups in total. The molecule has 3 aromatic rings. The molecule has 2 aromatic carbocycles. The van der Waals surface area contributed by atoms with Crippen molar-refractivity contribution in [2.24, 2.45) is 0 Å². The number of nitrogens with zero attached hydrogens (tertiary/aromatic N) is 2. The number of hydrogen-bond acceptors (Lipinski definition) is 4. The third kappa shape index (κ3) is 4.82. The maximum absolute atomic E-state index is 12.4. The summed E-state index contributed by atoms with van der Waals surface area (Å²) in [7, 11) is 0. The maximum atomic E-state index is 12.4. The second kappa shape index (κ2) is 7.74. The van der Waals surface area contributed by atoms with E-state index < -0.39 is 0 Å². The van der Waals surface area contributed by atoms with Crippen LogP contribution in [0.3, 0.4) is 0 Å². The molecule has 0 fully saturated rings. The molecule has 1 aromatic heterocycles. The summed E-state index contributed by atoms with van der Waals surface area (Å²) in [4.78, 5) is 12.4. The van der Waals surface area contributed by atoms with Gasteiger partial charge in [-0.1, -0.05) is 69.2 Å². The molecule has 0 saturated heterocycles. The molecular weight excluding hydrogens is 338 g/mol. The van der Waals surface area contributed by atoms with Gasteiger partial charge in [0.25, 0.3) is 5.91 Å². The Balaban J connectivity index is 1.63. The zero-order valence-electron chi connectivity index (χ0n) is 16.2. The first-order chi connectivity index (χ1) is 12.8. The average Bonchev–Trinajstić information content (AvgIpc) is 3.08. The van der Waals surface area contributed by atoms with Crippen LogP contribution in [0.1, 0.15) is 60.6 Å². The molecule has 0 atom stereocenters. The van der Waals surface area contributed by atoms with Crippen molar-refractivity contribution in [2.75, 3.05) is 5.32 Å². The lowest BCUT2D eigenvalue weighted by atomic mass is 9.87. The lowest BCUT2D eigenvalue weighted by Crippen LogP contribution is -2.14. The van der Waals surface area contributed by atoms with Crippen LogP contribution in [0.2, 0.25) is 0 Å². The third-order valence-electron chi connectivity index (χ3n) is 4.49. The molecule has 3 rings (SSSR count). The van der Waals surface area contributed by atoms with Crippen molar-refractivity contribution in [3.63, 3.8) is 0 Å². The molecule has 1 amide bonds. The van der Waals surface area contributed by atoms with Gasteiger partial charge in [-0.3, -0.25) is 10.1 Å². The molecule has 0 bridgehead atoms. The molecular formula is C22H25N3O2. The van der Waals surface area contributed by atoms with Crippen LogP contribution in [0.5, 0.6) is 0 Å². The largest absolute Gasteiger partial charge is 0.407 e. The summed E-state index contributed by atoms with van der Waals surface area (Å²) in [5.41, 5.74) is 4.15. The highest BCUT2D eigenvalue weighted by atomic mass is 16.4. The summed E-state index contributed by atoms with van der Waals surface area (Å²) in [5.74, 6) is 0.204. The van der Waals surface area contributed by atoms with Gasteiger partial charge in [-0.2, -0.15) is 0 Å². The minimum absolute atomic E-state index is 0.0473. The maximum Gasteiger partial charge on any atom is 0.322 e. The molecule has 0 aliphatic carbocycles. The van der Waals surface area contributed by atoms with Gasteiger partial charge in [-0.25, -0.2) is 0 Å². The van der Waals surface area contributed by atoms with Crippen LogP contribution in [0.15, 0.2) is 52.9 Å². The number of hydrogen-bond donors (Lipinski definition) is 1. The predicted molar refractivity (Wildman–Crippen MR) is 106 cm³/mol. The number of carbonyl (C=O) groups is 1. The van der Waals surface area contributed by atoms with E-state index in [1.165, 1.54) is 11.1 Å². The van der Waals surface area contributed by atoms with Gasteiger partial charge in [0.1, 0.15) is 0 Å². The molecule has 140 valence electrons. The Hall–Kier alpha value is -2.95. The number of aryl methyl sites for hydroxylation is 1. The molecule has 27 heavy (non-hydrogen) atoms. The van der Waals surface area contributed by atoms with Gasteiger partial charge in [0, 0.05) is 5.56 Å². The Bertz CT molecular complexity index is 904. The number of nitrogens with one attached hydrogen (secondary N) is 1.